The Morgan fingerprint density at radius 1 is 1.07 bits per heavy atom. The van der Waals surface area contributed by atoms with E-state index < -0.39 is 5.91 Å². The van der Waals surface area contributed by atoms with Crippen molar-refractivity contribution in [3.63, 3.8) is 0 Å². The van der Waals surface area contributed by atoms with Crippen LogP contribution in [0.5, 0.6) is 5.75 Å². The number of rotatable bonds is 4. The summed E-state index contributed by atoms with van der Waals surface area (Å²) in [4.78, 5) is 29.7. The fourth-order valence-electron chi connectivity index (χ4n) is 3.14. The van der Waals surface area contributed by atoms with Gasteiger partial charge in [0.2, 0.25) is 0 Å². The first-order valence-electron chi connectivity index (χ1n) is 9.41. The highest BCUT2D eigenvalue weighted by atomic mass is 79.9. The lowest BCUT2D eigenvalue weighted by Crippen LogP contribution is -2.47. The average molecular weight is 491 g/mol. The van der Waals surface area contributed by atoms with Gasteiger partial charge in [-0.05, 0) is 49.6 Å². The van der Waals surface area contributed by atoms with Crippen LogP contribution in [-0.4, -0.2) is 67.1 Å². The van der Waals surface area contributed by atoms with E-state index in [1.54, 1.807) is 30.3 Å². The standard InChI is InChI=1S/C21H23BrN4O3S/c1-25-9-11-26(12-10-25)20(28)15-5-3-4-6-17(15)23-21(30)24-19(27)16-13-14(22)7-8-18(16)29-2/h3-8,13H,9-12H2,1-2H3,(H2,23,24,27,30). The molecule has 0 atom stereocenters. The van der Waals surface area contributed by atoms with E-state index in [1.165, 1.54) is 7.11 Å². The van der Waals surface area contributed by atoms with Crippen molar-refractivity contribution < 1.29 is 14.3 Å². The van der Waals surface area contributed by atoms with Crippen LogP contribution in [0.15, 0.2) is 46.9 Å². The second kappa shape index (κ2) is 10.0. The number of hydrogen-bond donors (Lipinski definition) is 2. The molecule has 0 aliphatic carbocycles. The Kier molecular flexibility index (Phi) is 7.41. The predicted octanol–water partition coefficient (Wildman–Crippen LogP) is 2.97. The quantitative estimate of drug-likeness (QED) is 0.641. The number of piperazine rings is 1. The van der Waals surface area contributed by atoms with Gasteiger partial charge < -0.3 is 19.9 Å². The van der Waals surface area contributed by atoms with Gasteiger partial charge in [0, 0.05) is 30.7 Å². The molecule has 0 unspecified atom stereocenters. The molecule has 0 aromatic heterocycles. The zero-order chi connectivity index (χ0) is 21.7. The molecule has 1 fully saturated rings. The first-order chi connectivity index (χ1) is 14.4. The van der Waals surface area contributed by atoms with Crippen LogP contribution in [0.3, 0.4) is 0 Å². The fourth-order valence-corrected chi connectivity index (χ4v) is 3.70. The number of amides is 2. The number of likely N-dealkylation sites (N-methyl/N-ethyl adjacent to an activating group) is 1. The number of methoxy groups -OCH3 is 1. The number of hydrogen-bond acceptors (Lipinski definition) is 5. The normalized spacial score (nSPS) is 14.2. The van der Waals surface area contributed by atoms with E-state index in [4.69, 9.17) is 17.0 Å². The van der Waals surface area contributed by atoms with Gasteiger partial charge in [0.05, 0.1) is 23.9 Å². The molecule has 1 aliphatic rings. The third kappa shape index (κ3) is 5.35. The molecule has 2 aromatic rings. The van der Waals surface area contributed by atoms with Crippen LogP contribution >= 0.6 is 28.1 Å². The number of para-hydroxylation sites is 1. The van der Waals surface area contributed by atoms with Crippen LogP contribution < -0.4 is 15.4 Å². The maximum absolute atomic E-state index is 13.0. The molecule has 0 radical (unpaired) electrons. The molecule has 158 valence electrons. The number of nitrogens with zero attached hydrogens (tertiary/aromatic N) is 2. The highest BCUT2D eigenvalue weighted by Crippen LogP contribution is 2.23. The highest BCUT2D eigenvalue weighted by molar-refractivity contribution is 9.10. The Labute approximate surface area is 189 Å². The maximum Gasteiger partial charge on any atom is 0.261 e. The zero-order valence-corrected chi connectivity index (χ0v) is 19.2. The van der Waals surface area contributed by atoms with Gasteiger partial charge in [-0.2, -0.15) is 0 Å². The minimum atomic E-state index is -0.409. The molecule has 0 bridgehead atoms. The molecule has 0 saturated carbocycles. The lowest BCUT2D eigenvalue weighted by molar-refractivity contribution is 0.0665. The molecule has 1 heterocycles. The van der Waals surface area contributed by atoms with Gasteiger partial charge in [-0.1, -0.05) is 28.1 Å². The van der Waals surface area contributed by atoms with Crippen LogP contribution in [0, 0.1) is 0 Å². The van der Waals surface area contributed by atoms with Crippen molar-refractivity contribution in [2.45, 2.75) is 0 Å². The van der Waals surface area contributed by atoms with Crippen LogP contribution in [0.1, 0.15) is 20.7 Å². The van der Waals surface area contributed by atoms with Gasteiger partial charge in [-0.15, -0.1) is 0 Å². The lowest BCUT2D eigenvalue weighted by Gasteiger charge is -2.32. The first-order valence-corrected chi connectivity index (χ1v) is 10.6. The Morgan fingerprint density at radius 2 is 1.77 bits per heavy atom. The summed E-state index contributed by atoms with van der Waals surface area (Å²) in [7, 11) is 3.54. The number of carbonyl (C=O) groups is 2. The Balaban J connectivity index is 1.71. The number of halogens is 1. The second-order valence-corrected chi connectivity index (χ2v) is 8.22. The van der Waals surface area contributed by atoms with E-state index in [0.29, 0.717) is 35.7 Å². The SMILES string of the molecule is COc1ccc(Br)cc1C(=O)NC(=S)Nc1ccccc1C(=O)N1CCN(C)CC1. The van der Waals surface area contributed by atoms with Crippen LogP contribution in [0.4, 0.5) is 5.69 Å². The summed E-state index contributed by atoms with van der Waals surface area (Å²) in [6.07, 6.45) is 0. The predicted molar refractivity (Wildman–Crippen MR) is 124 cm³/mol. The Bertz CT molecular complexity index is 961. The van der Waals surface area contributed by atoms with Gasteiger partial charge in [0.25, 0.3) is 11.8 Å². The molecular weight excluding hydrogens is 468 g/mol. The summed E-state index contributed by atoms with van der Waals surface area (Å²) < 4.78 is 5.99. The van der Waals surface area contributed by atoms with Gasteiger partial charge in [-0.3, -0.25) is 14.9 Å². The first kappa shape index (κ1) is 22.2. The third-order valence-electron chi connectivity index (χ3n) is 4.83. The van der Waals surface area contributed by atoms with Crippen molar-refractivity contribution >= 4 is 50.8 Å². The van der Waals surface area contributed by atoms with Gasteiger partial charge >= 0.3 is 0 Å². The molecule has 9 heteroatoms. The second-order valence-electron chi connectivity index (χ2n) is 6.89. The van der Waals surface area contributed by atoms with Gasteiger partial charge in [-0.25, -0.2) is 0 Å². The van der Waals surface area contributed by atoms with E-state index in [-0.39, 0.29) is 11.0 Å². The molecular formula is C21H23BrN4O3S. The van der Waals surface area contributed by atoms with Crippen molar-refractivity contribution in [3.05, 3.63) is 58.1 Å². The van der Waals surface area contributed by atoms with E-state index in [2.05, 4.69) is 31.5 Å². The van der Waals surface area contributed by atoms with E-state index in [1.807, 2.05) is 24.1 Å². The average Bonchev–Trinajstić information content (AvgIpc) is 2.74. The minimum Gasteiger partial charge on any atom is -0.496 e. The molecule has 0 spiro atoms. The molecule has 30 heavy (non-hydrogen) atoms. The number of thiocarbonyl (C=S) groups is 1. The Morgan fingerprint density at radius 3 is 2.47 bits per heavy atom. The fraction of sp³-hybridized carbons (Fsp3) is 0.286. The zero-order valence-electron chi connectivity index (χ0n) is 16.8. The lowest BCUT2D eigenvalue weighted by atomic mass is 10.1. The van der Waals surface area contributed by atoms with Crippen LogP contribution in [0.25, 0.3) is 0 Å². The summed E-state index contributed by atoms with van der Waals surface area (Å²) in [6, 6.07) is 12.3. The summed E-state index contributed by atoms with van der Waals surface area (Å²) in [5.41, 5.74) is 1.41. The largest absolute Gasteiger partial charge is 0.496 e. The highest BCUT2D eigenvalue weighted by Gasteiger charge is 2.23. The number of nitrogens with one attached hydrogen (secondary N) is 2. The molecule has 7 nitrogen and oxygen atoms in total. The van der Waals surface area contributed by atoms with Crippen molar-refractivity contribution in [3.8, 4) is 5.75 Å². The van der Waals surface area contributed by atoms with Crippen molar-refractivity contribution in [1.29, 1.82) is 0 Å². The maximum atomic E-state index is 13.0. The number of carbonyl (C=O) groups excluding carboxylic acids is 2. The summed E-state index contributed by atoms with van der Waals surface area (Å²) in [5, 5.41) is 5.73. The van der Waals surface area contributed by atoms with Crippen molar-refractivity contribution in [2.24, 2.45) is 0 Å². The molecule has 1 aliphatic heterocycles. The number of anilines is 1. The molecule has 2 amide bonds. The number of ether oxygens (including phenoxy) is 1. The van der Waals surface area contributed by atoms with Crippen LogP contribution in [-0.2, 0) is 0 Å². The topological polar surface area (TPSA) is 73.9 Å². The minimum absolute atomic E-state index is 0.0611. The van der Waals surface area contributed by atoms with Gasteiger partial charge in [0.15, 0.2) is 5.11 Å². The van der Waals surface area contributed by atoms with Gasteiger partial charge in [0.1, 0.15) is 5.75 Å². The van der Waals surface area contributed by atoms with E-state index in [0.717, 1.165) is 17.6 Å². The smallest absolute Gasteiger partial charge is 0.261 e. The van der Waals surface area contributed by atoms with E-state index in [9.17, 15) is 9.59 Å². The third-order valence-corrected chi connectivity index (χ3v) is 5.53. The van der Waals surface area contributed by atoms with E-state index >= 15 is 0 Å². The molecule has 2 aromatic carbocycles. The van der Waals surface area contributed by atoms with Crippen molar-refractivity contribution in [2.75, 3.05) is 45.7 Å². The Hall–Kier alpha value is -2.49. The molecule has 2 N–H and O–H groups in total. The monoisotopic (exact) mass is 490 g/mol. The molecule has 1 saturated heterocycles. The van der Waals surface area contributed by atoms with Crippen molar-refractivity contribution in [1.82, 2.24) is 15.1 Å². The summed E-state index contributed by atoms with van der Waals surface area (Å²) in [6.45, 7) is 3.02. The summed E-state index contributed by atoms with van der Waals surface area (Å²) >= 11 is 8.67. The summed E-state index contributed by atoms with van der Waals surface area (Å²) in [5.74, 6) is -0.0355. The number of benzene rings is 2. The molecule has 3 rings (SSSR count). The van der Waals surface area contributed by atoms with Crippen LogP contribution in [0.2, 0.25) is 0 Å².